The molecule has 0 atom stereocenters. The maximum Gasteiger partial charge on any atom is 0.270 e. The van der Waals surface area contributed by atoms with Gasteiger partial charge in [-0.3, -0.25) is 14.9 Å². The second-order valence-electron chi connectivity index (χ2n) is 4.48. The van der Waals surface area contributed by atoms with Gasteiger partial charge in [0.25, 0.3) is 5.69 Å². The Bertz CT molecular complexity index is 446. The molecule has 1 aliphatic rings. The summed E-state index contributed by atoms with van der Waals surface area (Å²) in [5.41, 5.74) is 5.63. The van der Waals surface area contributed by atoms with Gasteiger partial charge in [-0.2, -0.15) is 0 Å². The lowest BCUT2D eigenvalue weighted by Gasteiger charge is -2.15. The summed E-state index contributed by atoms with van der Waals surface area (Å²) in [4.78, 5) is 19.9. The molecule has 1 aliphatic carbocycles. The van der Waals surface area contributed by atoms with Crippen LogP contribution in [0.3, 0.4) is 0 Å². The number of halogens is 1. The van der Waals surface area contributed by atoms with Crippen LogP contribution in [0.25, 0.3) is 0 Å². The van der Waals surface area contributed by atoms with E-state index in [-0.39, 0.29) is 16.3 Å². The van der Waals surface area contributed by atoms with E-state index in [1.54, 1.807) is 0 Å². The fourth-order valence-electron chi connectivity index (χ4n) is 1.87. The third kappa shape index (κ3) is 5.36. The Morgan fingerprint density at radius 2 is 1.95 bits per heavy atom. The van der Waals surface area contributed by atoms with Gasteiger partial charge in [-0.05, 0) is 18.9 Å². The molecule has 0 unspecified atom stereocenters. The average Bonchev–Trinajstić information content (AvgIpc) is 2.40. The van der Waals surface area contributed by atoms with E-state index in [9.17, 15) is 14.9 Å². The highest BCUT2D eigenvalue weighted by molar-refractivity contribution is 6.33. The fraction of sp³-hybridized carbons (Fsp3) is 0.462. The minimum atomic E-state index is -0.580. The summed E-state index contributed by atoms with van der Waals surface area (Å²) in [5.74, 6) is 0. The summed E-state index contributed by atoms with van der Waals surface area (Å²) in [6.07, 6.45) is 7.14. The third-order valence-corrected chi connectivity index (χ3v) is 3.31. The normalized spacial score (nSPS) is 15.3. The zero-order valence-electron chi connectivity index (χ0n) is 10.5. The highest BCUT2D eigenvalue weighted by atomic mass is 35.5. The van der Waals surface area contributed by atoms with Crippen molar-refractivity contribution in [3.63, 3.8) is 0 Å². The van der Waals surface area contributed by atoms with Crippen LogP contribution in [0.4, 0.5) is 5.69 Å². The minimum Gasteiger partial charge on any atom is -0.328 e. The molecule has 0 spiro atoms. The topological polar surface area (TPSA) is 86.2 Å². The van der Waals surface area contributed by atoms with Gasteiger partial charge in [0.2, 0.25) is 0 Å². The zero-order chi connectivity index (χ0) is 14.3. The molecule has 104 valence electrons. The number of carbonyl (C=O) groups is 1. The van der Waals surface area contributed by atoms with Gasteiger partial charge in [0.15, 0.2) is 6.29 Å². The lowest BCUT2D eigenvalue weighted by molar-refractivity contribution is -0.384. The SMILES string of the molecule is NC1CCCCC1.O=Cc1cc([N+](=O)[O-])ccc1Cl. The van der Waals surface area contributed by atoms with Crippen LogP contribution < -0.4 is 5.73 Å². The molecule has 5 nitrogen and oxygen atoms in total. The van der Waals surface area contributed by atoms with Gasteiger partial charge in [0.1, 0.15) is 0 Å². The molecule has 1 fully saturated rings. The summed E-state index contributed by atoms with van der Waals surface area (Å²) in [7, 11) is 0. The van der Waals surface area contributed by atoms with Crippen LogP contribution in [0, 0.1) is 10.1 Å². The standard InChI is InChI=1S/C7H4ClNO3.C6H13N/c8-7-2-1-6(9(11)12)3-5(7)4-10;7-6-4-2-1-3-5-6/h1-4H;6H,1-5,7H2. The monoisotopic (exact) mass is 284 g/mol. The molecule has 0 saturated heterocycles. The number of nitrogens with zero attached hydrogens (tertiary/aromatic N) is 1. The van der Waals surface area contributed by atoms with Gasteiger partial charge in [-0.15, -0.1) is 0 Å². The second-order valence-corrected chi connectivity index (χ2v) is 4.89. The highest BCUT2D eigenvalue weighted by Crippen LogP contribution is 2.20. The number of benzene rings is 1. The smallest absolute Gasteiger partial charge is 0.270 e. The number of hydrogen-bond acceptors (Lipinski definition) is 4. The van der Waals surface area contributed by atoms with Crippen molar-refractivity contribution in [3.8, 4) is 0 Å². The first-order valence-electron chi connectivity index (χ1n) is 6.19. The maximum atomic E-state index is 10.3. The maximum absolute atomic E-state index is 10.3. The van der Waals surface area contributed by atoms with Crippen molar-refractivity contribution < 1.29 is 9.72 Å². The fourth-order valence-corrected chi connectivity index (χ4v) is 2.03. The zero-order valence-corrected chi connectivity index (χ0v) is 11.3. The van der Waals surface area contributed by atoms with Crippen LogP contribution >= 0.6 is 11.6 Å². The molecular weight excluding hydrogens is 268 g/mol. The molecule has 1 aromatic rings. The number of carbonyl (C=O) groups excluding carboxylic acids is 1. The summed E-state index contributed by atoms with van der Waals surface area (Å²) in [5, 5.41) is 10.4. The van der Waals surface area contributed by atoms with E-state index in [0.29, 0.717) is 12.3 Å². The predicted molar refractivity (Wildman–Crippen MR) is 74.6 cm³/mol. The molecule has 6 heteroatoms. The third-order valence-electron chi connectivity index (χ3n) is 2.97. The first-order chi connectivity index (χ1) is 9.04. The molecule has 0 bridgehead atoms. The number of nitro groups is 1. The number of hydrogen-bond donors (Lipinski definition) is 1. The van der Waals surface area contributed by atoms with E-state index < -0.39 is 4.92 Å². The Balaban J connectivity index is 0.000000218. The van der Waals surface area contributed by atoms with Crippen LogP contribution in [0.15, 0.2) is 18.2 Å². The summed E-state index contributed by atoms with van der Waals surface area (Å²) >= 11 is 5.55. The summed E-state index contributed by atoms with van der Waals surface area (Å²) in [6.45, 7) is 0. The van der Waals surface area contributed by atoms with E-state index in [2.05, 4.69) is 0 Å². The van der Waals surface area contributed by atoms with Crippen LogP contribution in [-0.4, -0.2) is 17.3 Å². The Morgan fingerprint density at radius 3 is 2.37 bits per heavy atom. The van der Waals surface area contributed by atoms with E-state index in [4.69, 9.17) is 17.3 Å². The summed E-state index contributed by atoms with van der Waals surface area (Å²) < 4.78 is 0. The van der Waals surface area contributed by atoms with E-state index in [1.807, 2.05) is 0 Å². The van der Waals surface area contributed by atoms with Crippen molar-refractivity contribution in [1.29, 1.82) is 0 Å². The number of nitrogens with two attached hydrogens (primary N) is 1. The first-order valence-corrected chi connectivity index (χ1v) is 6.57. The molecule has 19 heavy (non-hydrogen) atoms. The number of aldehydes is 1. The number of rotatable bonds is 2. The van der Waals surface area contributed by atoms with Gasteiger partial charge in [-0.25, -0.2) is 0 Å². The van der Waals surface area contributed by atoms with Crippen molar-refractivity contribution in [2.45, 2.75) is 38.1 Å². The lowest BCUT2D eigenvalue weighted by Crippen LogP contribution is -2.22. The minimum absolute atomic E-state index is 0.130. The van der Waals surface area contributed by atoms with E-state index in [0.717, 1.165) is 6.07 Å². The highest BCUT2D eigenvalue weighted by Gasteiger charge is 2.08. The van der Waals surface area contributed by atoms with Gasteiger partial charge < -0.3 is 5.73 Å². The largest absolute Gasteiger partial charge is 0.328 e. The molecule has 1 saturated carbocycles. The first kappa shape index (κ1) is 15.6. The van der Waals surface area contributed by atoms with Gasteiger partial charge in [0.05, 0.1) is 9.95 Å². The molecule has 0 heterocycles. The predicted octanol–water partition coefficient (Wildman–Crippen LogP) is 3.34. The van der Waals surface area contributed by atoms with Crippen LogP contribution in [0.2, 0.25) is 5.02 Å². The summed E-state index contributed by atoms with van der Waals surface area (Å²) in [6, 6.07) is 4.24. The van der Waals surface area contributed by atoms with Gasteiger partial charge in [0, 0.05) is 23.7 Å². The lowest BCUT2D eigenvalue weighted by atomic mass is 9.97. The molecule has 0 amide bonds. The Labute approximate surface area is 116 Å². The van der Waals surface area contributed by atoms with Crippen molar-refractivity contribution in [2.75, 3.05) is 0 Å². The van der Waals surface area contributed by atoms with Crippen LogP contribution in [0.1, 0.15) is 42.5 Å². The van der Waals surface area contributed by atoms with E-state index >= 15 is 0 Å². The Morgan fingerprint density at radius 1 is 1.32 bits per heavy atom. The van der Waals surface area contributed by atoms with Crippen molar-refractivity contribution in [3.05, 3.63) is 38.9 Å². The number of nitro benzene ring substituents is 1. The van der Waals surface area contributed by atoms with Crippen LogP contribution in [0.5, 0.6) is 0 Å². The van der Waals surface area contributed by atoms with Gasteiger partial charge >= 0.3 is 0 Å². The van der Waals surface area contributed by atoms with Crippen molar-refractivity contribution in [2.24, 2.45) is 5.73 Å². The van der Waals surface area contributed by atoms with Crippen molar-refractivity contribution in [1.82, 2.24) is 0 Å². The quantitative estimate of drug-likeness (QED) is 0.512. The molecule has 2 rings (SSSR count). The average molecular weight is 285 g/mol. The molecule has 0 aliphatic heterocycles. The van der Waals surface area contributed by atoms with Crippen LogP contribution in [-0.2, 0) is 0 Å². The molecular formula is C13H17ClN2O3. The van der Waals surface area contributed by atoms with E-state index in [1.165, 1.54) is 44.2 Å². The number of non-ortho nitro benzene ring substituents is 1. The van der Waals surface area contributed by atoms with Gasteiger partial charge in [-0.1, -0.05) is 30.9 Å². The Hall–Kier alpha value is -1.46. The molecule has 1 aromatic carbocycles. The molecule has 0 radical (unpaired) electrons. The van der Waals surface area contributed by atoms with Crippen molar-refractivity contribution >= 4 is 23.6 Å². The second kappa shape index (κ2) is 7.86. The molecule has 2 N–H and O–H groups in total. The molecule has 0 aromatic heterocycles. The Kier molecular flexibility index (Phi) is 6.45.